The molecule has 3 nitrogen and oxygen atoms in total. The second-order valence-electron chi connectivity index (χ2n) is 4.98. The van der Waals surface area contributed by atoms with Crippen LogP contribution in [0.15, 0.2) is 79.9 Å². The lowest BCUT2D eigenvalue weighted by Crippen LogP contribution is -2.07. The smallest absolute Gasteiger partial charge is 0.339 e. The monoisotopic (exact) mass is 320 g/mol. The van der Waals surface area contributed by atoms with Crippen molar-refractivity contribution < 1.29 is 14.3 Å². The summed E-state index contributed by atoms with van der Waals surface area (Å²) in [6.07, 6.45) is 5.04. The van der Waals surface area contributed by atoms with Crippen LogP contribution in [0.2, 0.25) is 0 Å². The number of hydrogen-bond acceptors (Lipinski definition) is 3. The van der Waals surface area contributed by atoms with Crippen molar-refractivity contribution in [1.82, 2.24) is 0 Å². The number of hydrogen-bond donors (Lipinski definition) is 0. The predicted molar refractivity (Wildman–Crippen MR) is 97.6 cm³/mol. The Balaban J connectivity index is 2.31. The van der Waals surface area contributed by atoms with Crippen LogP contribution >= 0.6 is 0 Å². The van der Waals surface area contributed by atoms with Crippen LogP contribution in [0.25, 0.3) is 11.6 Å². The van der Waals surface area contributed by atoms with Crippen LogP contribution in [0.5, 0.6) is 5.75 Å². The van der Waals surface area contributed by atoms with Crippen molar-refractivity contribution in [2.45, 2.75) is 0 Å². The number of carbonyl (C=O) groups excluding carboxylic acids is 1. The maximum atomic E-state index is 12.4. The van der Waals surface area contributed by atoms with Crippen molar-refractivity contribution in [3.05, 3.63) is 91.0 Å². The molecule has 24 heavy (non-hydrogen) atoms. The molecule has 0 saturated carbocycles. The summed E-state index contributed by atoms with van der Waals surface area (Å²) in [6, 6.07) is 16.9. The van der Waals surface area contributed by atoms with Gasteiger partial charge in [-0.2, -0.15) is 0 Å². The second kappa shape index (κ2) is 9.16. The van der Waals surface area contributed by atoms with E-state index < -0.39 is 5.97 Å². The minimum absolute atomic E-state index is 0.172. The first-order valence-electron chi connectivity index (χ1n) is 7.63. The third-order valence-electron chi connectivity index (χ3n) is 3.20. The van der Waals surface area contributed by atoms with Gasteiger partial charge in [-0.25, -0.2) is 4.79 Å². The Kier molecular flexibility index (Phi) is 6.59. The van der Waals surface area contributed by atoms with Gasteiger partial charge < -0.3 is 9.47 Å². The van der Waals surface area contributed by atoms with Crippen molar-refractivity contribution in [2.75, 3.05) is 13.2 Å². The lowest BCUT2D eigenvalue weighted by Gasteiger charge is -2.09. The molecule has 0 saturated heterocycles. The summed E-state index contributed by atoms with van der Waals surface area (Å²) in [5, 5.41) is 0. The van der Waals surface area contributed by atoms with Gasteiger partial charge >= 0.3 is 5.97 Å². The number of benzene rings is 2. The zero-order valence-corrected chi connectivity index (χ0v) is 13.5. The lowest BCUT2D eigenvalue weighted by molar-refractivity contribution is -0.135. The average molecular weight is 320 g/mol. The van der Waals surface area contributed by atoms with Gasteiger partial charge in [-0.1, -0.05) is 67.8 Å². The van der Waals surface area contributed by atoms with Crippen molar-refractivity contribution >= 4 is 17.6 Å². The minimum atomic E-state index is -0.390. The van der Waals surface area contributed by atoms with E-state index in [-0.39, 0.29) is 6.61 Å². The minimum Gasteiger partial charge on any atom is -0.490 e. The Morgan fingerprint density at radius 3 is 2.21 bits per heavy atom. The highest BCUT2D eigenvalue weighted by molar-refractivity contribution is 6.21. The molecule has 0 amide bonds. The quantitative estimate of drug-likeness (QED) is 0.310. The number of carbonyl (C=O) groups is 1. The van der Waals surface area contributed by atoms with Crippen LogP contribution in [0.1, 0.15) is 11.1 Å². The molecule has 0 radical (unpaired) electrons. The fourth-order valence-electron chi connectivity index (χ4n) is 2.07. The van der Waals surface area contributed by atoms with E-state index in [9.17, 15) is 4.79 Å². The summed E-state index contributed by atoms with van der Waals surface area (Å²) < 4.78 is 10.7. The van der Waals surface area contributed by atoms with E-state index in [1.54, 1.807) is 12.2 Å². The Hall–Kier alpha value is -3.07. The normalized spacial score (nSPS) is 10.8. The number of ether oxygens (including phenoxy) is 2. The molecule has 0 aliphatic rings. The molecule has 0 N–H and O–H groups in total. The third kappa shape index (κ3) is 4.99. The van der Waals surface area contributed by atoms with Crippen LogP contribution in [0.3, 0.4) is 0 Å². The van der Waals surface area contributed by atoms with Crippen molar-refractivity contribution in [1.29, 1.82) is 0 Å². The summed E-state index contributed by atoms with van der Waals surface area (Å²) in [5.74, 6) is 0.329. The molecule has 0 heterocycles. The Bertz CT molecular complexity index is 713. The molecule has 0 aliphatic carbocycles. The third-order valence-corrected chi connectivity index (χ3v) is 3.20. The van der Waals surface area contributed by atoms with Gasteiger partial charge in [-0.05, 0) is 29.3 Å². The molecule has 0 bridgehead atoms. The van der Waals surface area contributed by atoms with Crippen LogP contribution in [0, 0.1) is 0 Å². The summed E-state index contributed by atoms with van der Waals surface area (Å²) >= 11 is 0. The summed E-state index contributed by atoms with van der Waals surface area (Å²) in [7, 11) is 0. The maximum absolute atomic E-state index is 12.4. The van der Waals surface area contributed by atoms with Crippen LogP contribution in [-0.2, 0) is 9.53 Å². The Morgan fingerprint density at radius 2 is 1.58 bits per heavy atom. The maximum Gasteiger partial charge on any atom is 0.339 e. The molecule has 0 aliphatic heterocycles. The average Bonchev–Trinajstić information content (AvgIpc) is 2.64. The van der Waals surface area contributed by atoms with E-state index >= 15 is 0 Å². The second-order valence-corrected chi connectivity index (χ2v) is 4.98. The fraction of sp³-hybridized carbons (Fsp3) is 0.0952. The first kappa shape index (κ1) is 17.3. The van der Waals surface area contributed by atoms with Gasteiger partial charge in [0.15, 0.2) is 0 Å². The Morgan fingerprint density at radius 1 is 0.917 bits per heavy atom. The summed E-state index contributed by atoms with van der Waals surface area (Å²) in [4.78, 5) is 12.4. The van der Waals surface area contributed by atoms with E-state index in [4.69, 9.17) is 9.47 Å². The molecule has 3 heteroatoms. The van der Waals surface area contributed by atoms with E-state index in [1.807, 2.05) is 60.7 Å². The Labute approximate surface area is 142 Å². The lowest BCUT2D eigenvalue weighted by atomic mass is 10.0. The number of rotatable bonds is 8. The molecule has 0 spiro atoms. The molecule has 2 rings (SSSR count). The highest BCUT2D eigenvalue weighted by Crippen LogP contribution is 2.23. The molecule has 122 valence electrons. The standard InChI is InChI=1S/C21H20O3/c1-3-14-23-19-12-10-18(11-13-19)20(21(22)24-15-4-2)16-17-8-6-5-7-9-17/h3-13,16H,1-2,14-15H2. The van der Waals surface area contributed by atoms with Crippen LogP contribution in [-0.4, -0.2) is 19.2 Å². The topological polar surface area (TPSA) is 35.5 Å². The van der Waals surface area contributed by atoms with Crippen LogP contribution < -0.4 is 4.74 Å². The summed E-state index contributed by atoms with van der Waals surface area (Å²) in [6.45, 7) is 7.79. The number of esters is 1. The van der Waals surface area contributed by atoms with E-state index in [0.29, 0.717) is 12.2 Å². The molecule has 2 aromatic rings. The zero-order chi connectivity index (χ0) is 17.2. The molecule has 2 aromatic carbocycles. The molecular formula is C21H20O3. The van der Waals surface area contributed by atoms with Gasteiger partial charge in [-0.3, -0.25) is 0 Å². The first-order chi connectivity index (χ1) is 11.7. The molecule has 0 atom stereocenters. The fourth-order valence-corrected chi connectivity index (χ4v) is 2.07. The first-order valence-corrected chi connectivity index (χ1v) is 7.63. The molecular weight excluding hydrogens is 300 g/mol. The SMILES string of the molecule is C=CCOC(=O)C(=Cc1ccccc1)c1ccc(OCC=C)cc1. The van der Waals surface area contributed by atoms with Gasteiger partial charge in [0.1, 0.15) is 19.0 Å². The van der Waals surface area contributed by atoms with Crippen molar-refractivity contribution in [3.63, 3.8) is 0 Å². The van der Waals surface area contributed by atoms with Crippen molar-refractivity contribution in [3.8, 4) is 5.75 Å². The van der Waals surface area contributed by atoms with Crippen molar-refractivity contribution in [2.24, 2.45) is 0 Å². The van der Waals surface area contributed by atoms with Gasteiger partial charge in [0.25, 0.3) is 0 Å². The van der Waals surface area contributed by atoms with E-state index in [1.165, 1.54) is 0 Å². The molecule has 0 aromatic heterocycles. The molecule has 0 fully saturated rings. The zero-order valence-electron chi connectivity index (χ0n) is 13.5. The highest BCUT2D eigenvalue weighted by atomic mass is 16.5. The largest absolute Gasteiger partial charge is 0.490 e. The van der Waals surface area contributed by atoms with Gasteiger partial charge in [-0.15, -0.1) is 0 Å². The van der Waals surface area contributed by atoms with Gasteiger partial charge in [0.2, 0.25) is 0 Å². The summed E-state index contributed by atoms with van der Waals surface area (Å²) in [5.41, 5.74) is 2.17. The predicted octanol–water partition coefficient (Wildman–Crippen LogP) is 4.52. The highest BCUT2D eigenvalue weighted by Gasteiger charge is 2.13. The van der Waals surface area contributed by atoms with Gasteiger partial charge in [0.05, 0.1) is 5.57 Å². The van der Waals surface area contributed by atoms with Crippen LogP contribution in [0.4, 0.5) is 0 Å². The van der Waals surface area contributed by atoms with E-state index in [2.05, 4.69) is 13.2 Å². The molecule has 0 unspecified atom stereocenters. The van der Waals surface area contributed by atoms with E-state index in [0.717, 1.165) is 16.9 Å². The van der Waals surface area contributed by atoms with Gasteiger partial charge in [0, 0.05) is 0 Å².